The van der Waals surface area contributed by atoms with Crippen LogP contribution < -0.4 is 14.8 Å². The first kappa shape index (κ1) is 16.4. The minimum atomic E-state index is 0.164. The lowest BCUT2D eigenvalue weighted by atomic mass is 10.0. The van der Waals surface area contributed by atoms with Crippen molar-refractivity contribution >= 4 is 17.2 Å². The predicted octanol–water partition coefficient (Wildman–Crippen LogP) is 2.29. The van der Waals surface area contributed by atoms with Crippen molar-refractivity contribution in [3.63, 3.8) is 0 Å². The molecule has 0 aliphatic carbocycles. The molecule has 0 radical (unpaired) electrons. The fourth-order valence-electron chi connectivity index (χ4n) is 3.23. The van der Waals surface area contributed by atoms with Gasteiger partial charge in [-0.3, -0.25) is 4.79 Å². The average Bonchev–Trinajstić information content (AvgIpc) is 3.30. The third-order valence-electron chi connectivity index (χ3n) is 4.76. The standard InChI is InChI=1S/C18H21N3O3S/c1-19-13-4-6-21(7-5-13)17(22)9-14-10-25-18(20-14)12-2-3-15-16(8-12)24-11-23-15/h2-3,8,10,13,19H,4-7,9,11H2,1H3. The number of fused-ring (bicyclic) bond motifs is 1. The SMILES string of the molecule is CNC1CCN(C(=O)Cc2csc(-c3ccc4c(c3)OCO4)n2)CC1. The molecule has 1 N–H and O–H groups in total. The van der Waals surface area contributed by atoms with E-state index in [4.69, 9.17) is 9.47 Å². The van der Waals surface area contributed by atoms with Crippen LogP contribution in [-0.2, 0) is 11.2 Å². The fourth-order valence-corrected chi connectivity index (χ4v) is 4.05. The van der Waals surface area contributed by atoms with Gasteiger partial charge in [0.15, 0.2) is 11.5 Å². The van der Waals surface area contributed by atoms with Gasteiger partial charge in [-0.1, -0.05) is 0 Å². The molecular formula is C18H21N3O3S. The molecule has 4 rings (SSSR count). The maximum atomic E-state index is 12.5. The summed E-state index contributed by atoms with van der Waals surface area (Å²) in [5.74, 6) is 1.68. The summed E-state index contributed by atoms with van der Waals surface area (Å²) >= 11 is 1.55. The number of amides is 1. The van der Waals surface area contributed by atoms with Crippen LogP contribution in [0.1, 0.15) is 18.5 Å². The van der Waals surface area contributed by atoms with E-state index in [1.54, 1.807) is 11.3 Å². The second-order valence-electron chi connectivity index (χ2n) is 6.33. The molecule has 25 heavy (non-hydrogen) atoms. The van der Waals surface area contributed by atoms with Crippen molar-refractivity contribution in [2.75, 3.05) is 26.9 Å². The molecule has 0 bridgehead atoms. The summed E-state index contributed by atoms with van der Waals surface area (Å²) in [6, 6.07) is 6.34. The molecule has 1 saturated heterocycles. The van der Waals surface area contributed by atoms with Gasteiger partial charge in [0.25, 0.3) is 0 Å². The Bertz CT molecular complexity index is 769. The Morgan fingerprint density at radius 1 is 1.32 bits per heavy atom. The lowest BCUT2D eigenvalue weighted by molar-refractivity contribution is -0.131. The summed E-state index contributed by atoms with van der Waals surface area (Å²) in [6.45, 7) is 1.91. The number of carbonyl (C=O) groups is 1. The van der Waals surface area contributed by atoms with Crippen LogP contribution in [0.4, 0.5) is 0 Å². The third-order valence-corrected chi connectivity index (χ3v) is 5.70. The highest BCUT2D eigenvalue weighted by Crippen LogP contribution is 2.36. The number of aromatic nitrogens is 1. The van der Waals surface area contributed by atoms with Gasteiger partial charge in [0.2, 0.25) is 12.7 Å². The molecular weight excluding hydrogens is 338 g/mol. The van der Waals surface area contributed by atoms with Crippen molar-refractivity contribution in [3.8, 4) is 22.1 Å². The third kappa shape index (κ3) is 3.48. The smallest absolute Gasteiger partial charge is 0.231 e. The van der Waals surface area contributed by atoms with Gasteiger partial charge < -0.3 is 19.7 Å². The number of ether oxygens (including phenoxy) is 2. The quantitative estimate of drug-likeness (QED) is 0.907. The number of hydrogen-bond donors (Lipinski definition) is 1. The van der Waals surface area contributed by atoms with Crippen molar-refractivity contribution in [1.82, 2.24) is 15.2 Å². The van der Waals surface area contributed by atoms with E-state index in [0.29, 0.717) is 12.5 Å². The highest BCUT2D eigenvalue weighted by atomic mass is 32.1. The molecule has 0 spiro atoms. The number of carbonyl (C=O) groups excluding carboxylic acids is 1. The number of likely N-dealkylation sites (tertiary alicyclic amines) is 1. The molecule has 1 amide bonds. The van der Waals surface area contributed by atoms with Crippen molar-refractivity contribution < 1.29 is 14.3 Å². The fraction of sp³-hybridized carbons (Fsp3) is 0.444. The molecule has 2 aliphatic rings. The van der Waals surface area contributed by atoms with Crippen LogP contribution in [0.5, 0.6) is 11.5 Å². The number of rotatable bonds is 4. The van der Waals surface area contributed by atoms with Crippen molar-refractivity contribution in [2.45, 2.75) is 25.3 Å². The first-order valence-electron chi connectivity index (χ1n) is 8.52. The molecule has 3 heterocycles. The first-order chi connectivity index (χ1) is 12.2. The normalized spacial score (nSPS) is 17.1. The van der Waals surface area contributed by atoms with Crippen LogP contribution in [0, 0.1) is 0 Å². The molecule has 1 fully saturated rings. The number of nitrogens with zero attached hydrogens (tertiary/aromatic N) is 2. The van der Waals surface area contributed by atoms with E-state index in [1.807, 2.05) is 35.5 Å². The van der Waals surface area contributed by atoms with Crippen LogP contribution in [0.3, 0.4) is 0 Å². The maximum Gasteiger partial charge on any atom is 0.231 e. The van der Waals surface area contributed by atoms with E-state index in [-0.39, 0.29) is 12.7 Å². The lowest BCUT2D eigenvalue weighted by Crippen LogP contribution is -2.44. The zero-order valence-electron chi connectivity index (χ0n) is 14.2. The average molecular weight is 359 g/mol. The Morgan fingerprint density at radius 3 is 2.92 bits per heavy atom. The van der Waals surface area contributed by atoms with Gasteiger partial charge in [0, 0.05) is 30.1 Å². The zero-order valence-corrected chi connectivity index (χ0v) is 15.0. The van der Waals surface area contributed by atoms with Gasteiger partial charge in [-0.05, 0) is 38.1 Å². The zero-order chi connectivity index (χ0) is 17.2. The van der Waals surface area contributed by atoms with Crippen molar-refractivity contribution in [2.24, 2.45) is 0 Å². The van der Waals surface area contributed by atoms with Gasteiger partial charge in [0.05, 0.1) is 12.1 Å². The first-order valence-corrected chi connectivity index (χ1v) is 9.40. The number of hydrogen-bond acceptors (Lipinski definition) is 6. The Morgan fingerprint density at radius 2 is 2.12 bits per heavy atom. The van der Waals surface area contributed by atoms with Gasteiger partial charge >= 0.3 is 0 Å². The van der Waals surface area contributed by atoms with E-state index in [9.17, 15) is 4.79 Å². The van der Waals surface area contributed by atoms with Crippen LogP contribution >= 0.6 is 11.3 Å². The van der Waals surface area contributed by atoms with E-state index >= 15 is 0 Å². The van der Waals surface area contributed by atoms with Gasteiger partial charge in [-0.2, -0.15) is 0 Å². The van der Waals surface area contributed by atoms with E-state index < -0.39 is 0 Å². The van der Waals surface area contributed by atoms with E-state index in [0.717, 1.165) is 53.7 Å². The second-order valence-corrected chi connectivity index (χ2v) is 7.19. The Kier molecular flexibility index (Phi) is 4.59. The van der Waals surface area contributed by atoms with Crippen LogP contribution in [0.2, 0.25) is 0 Å². The van der Waals surface area contributed by atoms with E-state index in [1.165, 1.54) is 0 Å². The highest BCUT2D eigenvalue weighted by molar-refractivity contribution is 7.13. The molecule has 0 unspecified atom stereocenters. The topological polar surface area (TPSA) is 63.7 Å². The van der Waals surface area contributed by atoms with Gasteiger partial charge in [-0.25, -0.2) is 4.98 Å². The molecule has 6 nitrogen and oxygen atoms in total. The monoisotopic (exact) mass is 359 g/mol. The number of piperidine rings is 1. The van der Waals surface area contributed by atoms with E-state index in [2.05, 4.69) is 10.3 Å². The second kappa shape index (κ2) is 7.01. The molecule has 2 aromatic rings. The van der Waals surface area contributed by atoms with Crippen LogP contribution in [0.15, 0.2) is 23.6 Å². The van der Waals surface area contributed by atoms with Crippen molar-refractivity contribution in [3.05, 3.63) is 29.3 Å². The maximum absolute atomic E-state index is 12.5. The summed E-state index contributed by atoms with van der Waals surface area (Å²) in [5, 5.41) is 6.15. The van der Waals surface area contributed by atoms with Crippen LogP contribution in [0.25, 0.3) is 10.6 Å². The lowest BCUT2D eigenvalue weighted by Gasteiger charge is -2.31. The highest BCUT2D eigenvalue weighted by Gasteiger charge is 2.22. The molecule has 0 saturated carbocycles. The Labute approximate surface area is 150 Å². The van der Waals surface area contributed by atoms with Gasteiger partial charge in [0.1, 0.15) is 5.01 Å². The summed E-state index contributed by atoms with van der Waals surface area (Å²) in [6.07, 6.45) is 2.40. The Hall–Kier alpha value is -2.12. The van der Waals surface area contributed by atoms with Crippen LogP contribution in [-0.4, -0.2) is 48.8 Å². The largest absolute Gasteiger partial charge is 0.454 e. The minimum Gasteiger partial charge on any atom is -0.454 e. The molecule has 1 aromatic carbocycles. The molecule has 132 valence electrons. The molecule has 1 aromatic heterocycles. The molecule has 7 heteroatoms. The summed E-state index contributed by atoms with van der Waals surface area (Å²) in [7, 11) is 1.98. The number of benzene rings is 1. The summed E-state index contributed by atoms with van der Waals surface area (Å²) in [4.78, 5) is 19.1. The number of thiazole rings is 1. The Balaban J connectivity index is 1.41. The van der Waals surface area contributed by atoms with Crippen molar-refractivity contribution in [1.29, 1.82) is 0 Å². The summed E-state index contributed by atoms with van der Waals surface area (Å²) in [5.41, 5.74) is 1.82. The minimum absolute atomic E-state index is 0.164. The number of nitrogens with one attached hydrogen (secondary N) is 1. The van der Waals surface area contributed by atoms with Gasteiger partial charge in [-0.15, -0.1) is 11.3 Å². The predicted molar refractivity (Wildman–Crippen MR) is 96.0 cm³/mol. The summed E-state index contributed by atoms with van der Waals surface area (Å²) < 4.78 is 10.8. The molecule has 0 atom stereocenters. The molecule has 2 aliphatic heterocycles.